The molecule has 0 fully saturated rings. The van der Waals surface area contributed by atoms with E-state index in [1.54, 1.807) is 19.1 Å². The average molecular weight is 316 g/mol. The van der Waals surface area contributed by atoms with E-state index in [9.17, 15) is 14.9 Å². The van der Waals surface area contributed by atoms with Gasteiger partial charge in [-0.05, 0) is 18.7 Å². The van der Waals surface area contributed by atoms with Crippen molar-refractivity contribution >= 4 is 23.2 Å². The molecule has 0 bridgehead atoms. The highest BCUT2D eigenvalue weighted by Gasteiger charge is 2.13. The van der Waals surface area contributed by atoms with E-state index in [1.165, 1.54) is 18.2 Å². The van der Waals surface area contributed by atoms with Gasteiger partial charge in [0.25, 0.3) is 5.69 Å². The molecular formula is C13H18ClN3O4. The number of nitrogens with zero attached hydrogens (tertiary/aromatic N) is 2. The number of carbonyl (C=O) groups excluding carboxylic acids is 1. The van der Waals surface area contributed by atoms with E-state index in [4.69, 9.17) is 16.3 Å². The largest absolute Gasteiger partial charge is 0.383 e. The molecule has 0 heterocycles. The second-order valence-electron chi connectivity index (χ2n) is 4.55. The highest BCUT2D eigenvalue weighted by Crippen LogP contribution is 2.22. The van der Waals surface area contributed by atoms with Crippen LogP contribution in [-0.4, -0.2) is 49.6 Å². The maximum Gasteiger partial charge on any atom is 0.269 e. The maximum absolute atomic E-state index is 11.6. The standard InChI is InChI=1S/C13H18ClN3O4/c1-16(9-13(18)15-5-6-21-2)8-10-7-11(17(19)20)3-4-12(10)14/h3-4,7H,5-6,8-9H2,1-2H3,(H,15,18). The maximum atomic E-state index is 11.6. The van der Waals surface area contributed by atoms with Gasteiger partial charge in [-0.2, -0.15) is 0 Å². The zero-order valence-corrected chi connectivity index (χ0v) is 12.7. The Balaban J connectivity index is 2.58. The molecule has 0 aromatic heterocycles. The van der Waals surface area contributed by atoms with E-state index in [0.29, 0.717) is 30.3 Å². The lowest BCUT2D eigenvalue weighted by molar-refractivity contribution is -0.384. The number of nitro groups is 1. The van der Waals surface area contributed by atoms with Gasteiger partial charge in [-0.25, -0.2) is 0 Å². The van der Waals surface area contributed by atoms with Crippen molar-refractivity contribution in [1.29, 1.82) is 0 Å². The van der Waals surface area contributed by atoms with Crippen molar-refractivity contribution in [1.82, 2.24) is 10.2 Å². The minimum absolute atomic E-state index is 0.0210. The first-order chi connectivity index (χ1) is 9.93. The van der Waals surface area contributed by atoms with E-state index >= 15 is 0 Å². The van der Waals surface area contributed by atoms with Gasteiger partial charge in [-0.3, -0.25) is 19.8 Å². The van der Waals surface area contributed by atoms with Crippen molar-refractivity contribution in [3.05, 3.63) is 38.9 Å². The van der Waals surface area contributed by atoms with Crippen LogP contribution in [0.2, 0.25) is 5.02 Å². The Bertz CT molecular complexity index is 510. The van der Waals surface area contributed by atoms with Crippen LogP contribution in [0.25, 0.3) is 0 Å². The van der Waals surface area contributed by atoms with Crippen LogP contribution in [0, 0.1) is 10.1 Å². The van der Waals surface area contributed by atoms with Crippen LogP contribution < -0.4 is 5.32 Å². The van der Waals surface area contributed by atoms with Crippen LogP contribution in [0.3, 0.4) is 0 Å². The summed E-state index contributed by atoms with van der Waals surface area (Å²) >= 11 is 6.02. The zero-order chi connectivity index (χ0) is 15.8. The van der Waals surface area contributed by atoms with Crippen LogP contribution in [0.4, 0.5) is 5.69 Å². The third-order valence-corrected chi connectivity index (χ3v) is 3.09. The fraction of sp³-hybridized carbons (Fsp3) is 0.462. The van der Waals surface area contributed by atoms with Gasteiger partial charge in [0.05, 0.1) is 18.1 Å². The number of non-ortho nitro benzene ring substituents is 1. The highest BCUT2D eigenvalue weighted by atomic mass is 35.5. The molecule has 0 atom stereocenters. The molecule has 1 rings (SSSR count). The SMILES string of the molecule is COCCNC(=O)CN(C)Cc1cc([N+](=O)[O-])ccc1Cl. The lowest BCUT2D eigenvalue weighted by Gasteiger charge is -2.17. The van der Waals surface area contributed by atoms with E-state index in [1.807, 2.05) is 0 Å². The molecule has 7 nitrogen and oxygen atoms in total. The van der Waals surface area contributed by atoms with Crippen LogP contribution in [0.5, 0.6) is 0 Å². The van der Waals surface area contributed by atoms with Gasteiger partial charge in [-0.1, -0.05) is 11.6 Å². The second kappa shape index (κ2) is 8.56. The van der Waals surface area contributed by atoms with Gasteiger partial charge in [0.1, 0.15) is 0 Å². The quantitative estimate of drug-likeness (QED) is 0.446. The normalized spacial score (nSPS) is 10.7. The van der Waals surface area contributed by atoms with Gasteiger partial charge in [0.15, 0.2) is 0 Å². The first-order valence-electron chi connectivity index (χ1n) is 6.31. The summed E-state index contributed by atoms with van der Waals surface area (Å²) < 4.78 is 4.83. The third kappa shape index (κ3) is 6.07. The molecule has 1 aromatic carbocycles. The highest BCUT2D eigenvalue weighted by molar-refractivity contribution is 6.31. The molecule has 1 amide bonds. The van der Waals surface area contributed by atoms with Gasteiger partial charge in [0, 0.05) is 37.4 Å². The first kappa shape index (κ1) is 17.4. The summed E-state index contributed by atoms with van der Waals surface area (Å²) in [5, 5.41) is 13.9. The lowest BCUT2D eigenvalue weighted by Crippen LogP contribution is -2.36. The molecule has 0 saturated carbocycles. The van der Waals surface area contributed by atoms with Gasteiger partial charge in [0.2, 0.25) is 5.91 Å². The van der Waals surface area contributed by atoms with Crippen molar-refractivity contribution in [2.75, 3.05) is 33.9 Å². The minimum Gasteiger partial charge on any atom is -0.383 e. The Morgan fingerprint density at radius 2 is 2.24 bits per heavy atom. The summed E-state index contributed by atoms with van der Waals surface area (Å²) in [5.41, 5.74) is 0.588. The fourth-order valence-electron chi connectivity index (χ4n) is 1.74. The van der Waals surface area contributed by atoms with E-state index in [2.05, 4.69) is 5.32 Å². The minimum atomic E-state index is -0.475. The summed E-state index contributed by atoms with van der Waals surface area (Å²) in [7, 11) is 3.30. The van der Waals surface area contributed by atoms with Crippen LogP contribution in [0.1, 0.15) is 5.56 Å². The summed E-state index contributed by atoms with van der Waals surface area (Å²) in [6.45, 7) is 1.41. The van der Waals surface area contributed by atoms with Crippen LogP contribution in [0.15, 0.2) is 18.2 Å². The predicted octanol–water partition coefficient (Wildman–Crippen LogP) is 1.44. The van der Waals surface area contributed by atoms with E-state index < -0.39 is 4.92 Å². The monoisotopic (exact) mass is 315 g/mol. The molecule has 0 aliphatic carbocycles. The van der Waals surface area contributed by atoms with Crippen molar-refractivity contribution in [2.45, 2.75) is 6.54 Å². The molecule has 0 unspecified atom stereocenters. The van der Waals surface area contributed by atoms with Crippen molar-refractivity contribution in [2.24, 2.45) is 0 Å². The number of likely N-dealkylation sites (N-methyl/N-ethyl adjacent to an activating group) is 1. The van der Waals surface area contributed by atoms with Gasteiger partial charge in [-0.15, -0.1) is 0 Å². The smallest absolute Gasteiger partial charge is 0.269 e. The number of ether oxygens (including phenoxy) is 1. The number of nitrogens with one attached hydrogen (secondary N) is 1. The van der Waals surface area contributed by atoms with E-state index in [-0.39, 0.29) is 18.1 Å². The number of methoxy groups -OCH3 is 1. The molecule has 1 aromatic rings. The summed E-state index contributed by atoms with van der Waals surface area (Å²) in [4.78, 5) is 23.6. The van der Waals surface area contributed by atoms with Crippen molar-refractivity contribution < 1.29 is 14.5 Å². The number of amides is 1. The molecule has 0 aliphatic rings. The second-order valence-corrected chi connectivity index (χ2v) is 4.96. The molecule has 116 valence electrons. The molecular weight excluding hydrogens is 298 g/mol. The number of rotatable bonds is 8. The number of carbonyl (C=O) groups is 1. The van der Waals surface area contributed by atoms with Crippen molar-refractivity contribution in [3.8, 4) is 0 Å². The Morgan fingerprint density at radius 3 is 2.86 bits per heavy atom. The Hall–Kier alpha value is -1.70. The molecule has 0 spiro atoms. The Kier molecular flexibility index (Phi) is 7.07. The molecule has 1 N–H and O–H groups in total. The molecule has 0 saturated heterocycles. The molecule has 0 radical (unpaired) electrons. The fourth-order valence-corrected chi connectivity index (χ4v) is 1.91. The Morgan fingerprint density at radius 1 is 1.52 bits per heavy atom. The van der Waals surface area contributed by atoms with Crippen LogP contribution >= 0.6 is 11.6 Å². The number of hydrogen-bond acceptors (Lipinski definition) is 5. The number of nitro benzene ring substituents is 1. The molecule has 0 aliphatic heterocycles. The first-order valence-corrected chi connectivity index (χ1v) is 6.69. The number of benzene rings is 1. The van der Waals surface area contributed by atoms with Gasteiger partial charge >= 0.3 is 0 Å². The number of halogens is 1. The topological polar surface area (TPSA) is 84.7 Å². The zero-order valence-electron chi connectivity index (χ0n) is 12.0. The lowest BCUT2D eigenvalue weighted by atomic mass is 10.2. The predicted molar refractivity (Wildman–Crippen MR) is 79.3 cm³/mol. The summed E-state index contributed by atoms with van der Waals surface area (Å²) in [6.07, 6.45) is 0. The third-order valence-electron chi connectivity index (χ3n) is 2.72. The summed E-state index contributed by atoms with van der Waals surface area (Å²) in [5.74, 6) is -0.142. The summed E-state index contributed by atoms with van der Waals surface area (Å²) in [6, 6.07) is 4.26. The van der Waals surface area contributed by atoms with E-state index in [0.717, 1.165) is 0 Å². The number of hydrogen-bond donors (Lipinski definition) is 1. The van der Waals surface area contributed by atoms with Crippen LogP contribution in [-0.2, 0) is 16.1 Å². The Labute approximate surface area is 128 Å². The van der Waals surface area contributed by atoms with Crippen molar-refractivity contribution in [3.63, 3.8) is 0 Å². The average Bonchev–Trinajstić information content (AvgIpc) is 2.41. The molecule has 21 heavy (non-hydrogen) atoms. The van der Waals surface area contributed by atoms with Gasteiger partial charge < -0.3 is 10.1 Å². The molecule has 8 heteroatoms.